The Kier molecular flexibility index (Phi) is 3.35. The molecular weight excluding hydrogens is 422 g/mol. The van der Waals surface area contributed by atoms with Gasteiger partial charge in [-0.3, -0.25) is 9.59 Å². The number of rotatable bonds is 1. The third kappa shape index (κ3) is 2.09. The van der Waals surface area contributed by atoms with E-state index in [0.29, 0.717) is 11.3 Å². The van der Waals surface area contributed by atoms with E-state index in [4.69, 9.17) is 4.42 Å². The van der Waals surface area contributed by atoms with Crippen molar-refractivity contribution in [2.45, 2.75) is 11.8 Å². The van der Waals surface area contributed by atoms with E-state index in [1.165, 1.54) is 27.2 Å². The molecule has 4 aliphatic rings. The van der Waals surface area contributed by atoms with E-state index in [9.17, 15) is 9.59 Å². The van der Waals surface area contributed by atoms with Crippen molar-refractivity contribution in [2.24, 2.45) is 11.8 Å². The van der Waals surface area contributed by atoms with Gasteiger partial charge in [0, 0.05) is 28.7 Å². The number of carbonyl (C=O) groups excluding carboxylic acids is 2. The van der Waals surface area contributed by atoms with Crippen molar-refractivity contribution in [3.8, 4) is 0 Å². The number of nitrogens with zero attached hydrogens (tertiary/aromatic N) is 1. The minimum absolute atomic E-state index is 0.0984. The van der Waals surface area contributed by atoms with Crippen LogP contribution in [0.4, 0.5) is 5.69 Å². The van der Waals surface area contributed by atoms with Crippen LogP contribution in [0.25, 0.3) is 21.9 Å². The minimum Gasteiger partial charge on any atom is -0.456 e. The third-order valence-corrected chi connectivity index (χ3v) is 8.07. The fourth-order valence-electron chi connectivity index (χ4n) is 6.79. The van der Waals surface area contributed by atoms with Crippen LogP contribution in [-0.4, -0.2) is 11.8 Å². The van der Waals surface area contributed by atoms with Gasteiger partial charge in [0.25, 0.3) is 0 Å². The number of benzene rings is 4. The Morgan fingerprint density at radius 3 is 1.65 bits per heavy atom. The monoisotopic (exact) mass is 441 g/mol. The molecule has 4 heteroatoms. The molecule has 162 valence electrons. The Bertz CT molecular complexity index is 1580. The first kappa shape index (κ1) is 18.3. The van der Waals surface area contributed by atoms with Crippen LogP contribution in [0.2, 0.25) is 0 Å². The maximum absolute atomic E-state index is 13.9. The highest BCUT2D eigenvalue weighted by atomic mass is 16.3. The molecule has 2 atom stereocenters. The highest BCUT2D eigenvalue weighted by Crippen LogP contribution is 2.61. The standard InChI is InChI=1S/C30H19NO3/c32-29-27-25-19-8-1-2-9-20(19)26(22-11-4-3-10-21(22)25)28(27)30(33)31(29)16-13-14-18-17-7-5-6-12-23(17)34-24(18)15-16/h1-15,25-28H/t25?,26?,27-,28+. The highest BCUT2D eigenvalue weighted by molar-refractivity contribution is 6.24. The van der Waals surface area contributed by atoms with E-state index in [2.05, 4.69) is 24.3 Å². The number of anilines is 1. The topological polar surface area (TPSA) is 50.5 Å². The first-order valence-corrected chi connectivity index (χ1v) is 11.7. The molecule has 1 saturated heterocycles. The van der Waals surface area contributed by atoms with Crippen LogP contribution in [0.3, 0.4) is 0 Å². The van der Waals surface area contributed by atoms with E-state index in [0.717, 1.165) is 16.4 Å². The Labute approximate surface area is 195 Å². The smallest absolute Gasteiger partial charge is 0.238 e. The van der Waals surface area contributed by atoms with Crippen LogP contribution in [0.1, 0.15) is 34.1 Å². The summed E-state index contributed by atoms with van der Waals surface area (Å²) in [7, 11) is 0. The highest BCUT2D eigenvalue weighted by Gasteiger charge is 2.61. The van der Waals surface area contributed by atoms with Crippen molar-refractivity contribution in [1.29, 1.82) is 0 Å². The lowest BCUT2D eigenvalue weighted by Gasteiger charge is -2.45. The second-order valence-corrected chi connectivity index (χ2v) is 9.56. The van der Waals surface area contributed by atoms with Gasteiger partial charge in [0.15, 0.2) is 0 Å². The zero-order valence-electron chi connectivity index (χ0n) is 18.1. The fraction of sp³-hybridized carbons (Fsp3) is 0.133. The molecule has 4 nitrogen and oxygen atoms in total. The maximum atomic E-state index is 13.9. The molecular formula is C30H19NO3. The van der Waals surface area contributed by atoms with Gasteiger partial charge in [-0.15, -0.1) is 0 Å². The summed E-state index contributed by atoms with van der Waals surface area (Å²) in [6, 6.07) is 30.2. The Hall–Kier alpha value is -4.18. The molecule has 4 aromatic carbocycles. The summed E-state index contributed by atoms with van der Waals surface area (Å²) in [6.07, 6.45) is 0. The quantitative estimate of drug-likeness (QED) is 0.301. The molecule has 0 unspecified atom stereocenters. The Morgan fingerprint density at radius 2 is 1.06 bits per heavy atom. The van der Waals surface area contributed by atoms with Gasteiger partial charge >= 0.3 is 0 Å². The number of fused-ring (bicyclic) bond motifs is 3. The lowest BCUT2D eigenvalue weighted by atomic mass is 9.55. The molecule has 0 N–H and O–H groups in total. The zero-order chi connectivity index (χ0) is 22.6. The van der Waals surface area contributed by atoms with E-state index >= 15 is 0 Å². The van der Waals surface area contributed by atoms with Crippen molar-refractivity contribution in [1.82, 2.24) is 0 Å². The summed E-state index contributed by atoms with van der Waals surface area (Å²) in [5.74, 6) is -1.17. The zero-order valence-corrected chi connectivity index (χ0v) is 18.1. The molecule has 1 aliphatic heterocycles. The van der Waals surface area contributed by atoms with Crippen molar-refractivity contribution < 1.29 is 14.0 Å². The number of para-hydroxylation sites is 1. The molecule has 1 aromatic heterocycles. The van der Waals surface area contributed by atoms with Crippen LogP contribution in [0, 0.1) is 11.8 Å². The van der Waals surface area contributed by atoms with E-state index in [-0.39, 0.29) is 35.5 Å². The number of hydrogen-bond donors (Lipinski definition) is 0. The van der Waals surface area contributed by atoms with Crippen molar-refractivity contribution >= 4 is 39.4 Å². The Balaban J connectivity index is 1.31. The van der Waals surface area contributed by atoms with Gasteiger partial charge in [-0.2, -0.15) is 0 Å². The number of furan rings is 1. The maximum Gasteiger partial charge on any atom is 0.238 e. The van der Waals surface area contributed by atoms with Gasteiger partial charge in [-0.05, 0) is 40.5 Å². The predicted molar refractivity (Wildman–Crippen MR) is 130 cm³/mol. The summed E-state index contributed by atoms with van der Waals surface area (Å²) >= 11 is 0. The summed E-state index contributed by atoms with van der Waals surface area (Å²) in [4.78, 5) is 29.3. The summed E-state index contributed by atoms with van der Waals surface area (Å²) < 4.78 is 6.05. The molecule has 9 rings (SSSR count). The van der Waals surface area contributed by atoms with Gasteiger partial charge in [0.2, 0.25) is 11.8 Å². The molecule has 0 saturated carbocycles. The lowest BCUT2D eigenvalue weighted by Crippen LogP contribution is -2.41. The number of amides is 2. The van der Waals surface area contributed by atoms with Crippen LogP contribution in [-0.2, 0) is 9.59 Å². The fourth-order valence-corrected chi connectivity index (χ4v) is 6.79. The van der Waals surface area contributed by atoms with Crippen LogP contribution < -0.4 is 4.90 Å². The molecule has 0 spiro atoms. The number of carbonyl (C=O) groups is 2. The van der Waals surface area contributed by atoms with Crippen LogP contribution >= 0.6 is 0 Å². The van der Waals surface area contributed by atoms with Gasteiger partial charge < -0.3 is 4.42 Å². The molecule has 2 amide bonds. The van der Waals surface area contributed by atoms with E-state index < -0.39 is 0 Å². The first-order chi connectivity index (χ1) is 16.7. The van der Waals surface area contributed by atoms with Crippen molar-refractivity contribution in [3.05, 3.63) is 113 Å². The molecule has 2 bridgehead atoms. The molecule has 0 radical (unpaired) electrons. The minimum atomic E-state index is -0.381. The normalized spacial score (nSPS) is 24.5. The van der Waals surface area contributed by atoms with E-state index in [1.54, 1.807) is 0 Å². The molecule has 1 fully saturated rings. The molecule has 5 aromatic rings. The predicted octanol–water partition coefficient (Wildman–Crippen LogP) is 5.98. The Morgan fingerprint density at radius 1 is 0.559 bits per heavy atom. The third-order valence-electron chi connectivity index (χ3n) is 8.07. The van der Waals surface area contributed by atoms with E-state index in [1.807, 2.05) is 66.7 Å². The van der Waals surface area contributed by atoms with Crippen LogP contribution in [0.15, 0.2) is 95.4 Å². The van der Waals surface area contributed by atoms with Gasteiger partial charge in [0.1, 0.15) is 11.2 Å². The van der Waals surface area contributed by atoms with Crippen LogP contribution in [0.5, 0.6) is 0 Å². The van der Waals surface area contributed by atoms with Crippen molar-refractivity contribution in [2.75, 3.05) is 4.90 Å². The first-order valence-electron chi connectivity index (χ1n) is 11.7. The molecule has 3 aliphatic carbocycles. The van der Waals surface area contributed by atoms with Gasteiger partial charge in [0.05, 0.1) is 17.5 Å². The lowest BCUT2D eigenvalue weighted by molar-refractivity contribution is -0.122. The summed E-state index contributed by atoms with van der Waals surface area (Å²) in [6.45, 7) is 0. The number of imide groups is 1. The second kappa shape index (κ2) is 6.23. The van der Waals surface area contributed by atoms with Crippen molar-refractivity contribution in [3.63, 3.8) is 0 Å². The summed E-state index contributed by atoms with van der Waals surface area (Å²) in [5, 5.41) is 2.01. The van der Waals surface area contributed by atoms with Gasteiger partial charge in [-0.25, -0.2) is 4.90 Å². The molecule has 34 heavy (non-hydrogen) atoms. The summed E-state index contributed by atoms with van der Waals surface area (Å²) in [5.41, 5.74) is 6.80. The largest absolute Gasteiger partial charge is 0.456 e. The molecule has 2 heterocycles. The number of hydrogen-bond acceptors (Lipinski definition) is 3. The van der Waals surface area contributed by atoms with Gasteiger partial charge in [-0.1, -0.05) is 66.7 Å². The SMILES string of the molecule is O=C1[C@@H]2C3c4ccccc4C(c4ccccc43)[C@@H]2C(=O)N1c1ccc2c(c1)oc1ccccc12. The average Bonchev–Trinajstić information content (AvgIpc) is 3.38. The second-order valence-electron chi connectivity index (χ2n) is 9.56. The average molecular weight is 441 g/mol.